The smallest absolute Gasteiger partial charge is 0.301 e. The molecule has 2 aromatic carbocycles. The van der Waals surface area contributed by atoms with Gasteiger partial charge in [0, 0.05) is 5.56 Å². The molecule has 1 aliphatic heterocycles. The Kier molecular flexibility index (Phi) is 6.50. The van der Waals surface area contributed by atoms with E-state index < -0.39 is 23.5 Å². The van der Waals surface area contributed by atoms with Gasteiger partial charge < -0.3 is 9.84 Å². The zero-order chi connectivity index (χ0) is 23.5. The number of nitrogens with zero attached hydrogens (tertiary/aromatic N) is 3. The van der Waals surface area contributed by atoms with Crippen LogP contribution in [-0.4, -0.2) is 33.6 Å². The summed E-state index contributed by atoms with van der Waals surface area (Å²) in [5.74, 6) is -1.87. The van der Waals surface area contributed by atoms with E-state index in [0.29, 0.717) is 29.3 Å². The van der Waals surface area contributed by atoms with Crippen molar-refractivity contribution in [3.8, 4) is 5.75 Å². The highest BCUT2D eigenvalue weighted by Gasteiger charge is 2.48. The number of amides is 1. The minimum Gasteiger partial charge on any atom is -0.507 e. The quantitative estimate of drug-likeness (QED) is 0.309. The molecule has 1 saturated heterocycles. The Hall–Kier alpha value is -3.59. The Morgan fingerprint density at radius 2 is 1.79 bits per heavy atom. The van der Waals surface area contributed by atoms with E-state index in [0.717, 1.165) is 6.42 Å². The second-order valence-corrected chi connectivity index (χ2v) is 8.47. The van der Waals surface area contributed by atoms with Crippen molar-refractivity contribution >= 4 is 33.9 Å². The predicted molar refractivity (Wildman–Crippen MR) is 123 cm³/mol. The van der Waals surface area contributed by atoms with Gasteiger partial charge in [0.1, 0.15) is 22.3 Å². The fourth-order valence-corrected chi connectivity index (χ4v) is 4.36. The highest BCUT2D eigenvalue weighted by atomic mass is 32.1. The number of aliphatic hydroxyl groups excluding tert-OH is 1. The fraction of sp³-hybridized carbons (Fsp3) is 0.250. The summed E-state index contributed by atoms with van der Waals surface area (Å²) in [7, 11) is 0. The molecule has 1 amide bonds. The number of hydrogen-bond donors (Lipinski definition) is 1. The van der Waals surface area contributed by atoms with Crippen LogP contribution in [0.4, 0.5) is 9.52 Å². The first-order chi connectivity index (χ1) is 15.9. The van der Waals surface area contributed by atoms with Gasteiger partial charge in [-0.2, -0.15) is 0 Å². The van der Waals surface area contributed by atoms with Crippen LogP contribution in [0.1, 0.15) is 42.4 Å². The minimum atomic E-state index is -0.923. The number of hydrogen-bond acceptors (Lipinski definition) is 7. The third kappa shape index (κ3) is 4.36. The maximum atomic E-state index is 13.4. The first-order valence-electron chi connectivity index (χ1n) is 10.6. The minimum absolute atomic E-state index is 0.0953. The fourth-order valence-electron chi connectivity index (χ4n) is 3.56. The van der Waals surface area contributed by atoms with Crippen molar-refractivity contribution in [3.63, 3.8) is 0 Å². The first kappa shape index (κ1) is 22.6. The molecule has 1 atom stereocenters. The number of anilines is 1. The van der Waals surface area contributed by atoms with Gasteiger partial charge in [0.15, 0.2) is 0 Å². The molecule has 3 aromatic rings. The Balaban J connectivity index is 1.85. The van der Waals surface area contributed by atoms with E-state index in [1.54, 1.807) is 24.3 Å². The Bertz CT molecular complexity index is 1210. The molecule has 4 rings (SSSR count). The Morgan fingerprint density at radius 3 is 2.39 bits per heavy atom. The van der Waals surface area contributed by atoms with Gasteiger partial charge >= 0.3 is 5.91 Å². The van der Waals surface area contributed by atoms with E-state index in [1.165, 1.54) is 40.5 Å². The Labute approximate surface area is 194 Å². The SMILES string of the molecule is CCCOc1ccc(C2/C(=C(\O)c3ccc(F)cc3)C(=O)C(=O)N2c2nnc(CC)s2)cc1. The zero-order valence-electron chi connectivity index (χ0n) is 18.1. The van der Waals surface area contributed by atoms with Gasteiger partial charge in [-0.25, -0.2) is 4.39 Å². The molecule has 0 radical (unpaired) electrons. The van der Waals surface area contributed by atoms with Gasteiger partial charge in [-0.05, 0) is 54.8 Å². The number of carbonyl (C=O) groups is 2. The number of aryl methyl sites for hydroxylation is 1. The van der Waals surface area contributed by atoms with Crippen molar-refractivity contribution < 1.29 is 23.8 Å². The van der Waals surface area contributed by atoms with Crippen LogP contribution in [-0.2, 0) is 16.0 Å². The predicted octanol–water partition coefficient (Wildman–Crippen LogP) is 4.65. The second kappa shape index (κ2) is 9.50. The number of aromatic nitrogens is 2. The lowest BCUT2D eigenvalue weighted by molar-refractivity contribution is -0.132. The monoisotopic (exact) mass is 467 g/mol. The largest absolute Gasteiger partial charge is 0.507 e. The first-order valence-corrected chi connectivity index (χ1v) is 11.4. The molecule has 1 unspecified atom stereocenters. The highest BCUT2D eigenvalue weighted by Crippen LogP contribution is 2.43. The summed E-state index contributed by atoms with van der Waals surface area (Å²) in [6.45, 7) is 4.48. The summed E-state index contributed by atoms with van der Waals surface area (Å²) in [4.78, 5) is 27.4. The van der Waals surface area contributed by atoms with Crippen LogP contribution in [0.15, 0.2) is 54.1 Å². The molecule has 2 heterocycles. The maximum absolute atomic E-state index is 13.4. The number of ketones is 1. The molecular formula is C24H22FN3O4S. The molecule has 170 valence electrons. The molecule has 33 heavy (non-hydrogen) atoms. The van der Waals surface area contributed by atoms with Crippen LogP contribution < -0.4 is 9.64 Å². The average molecular weight is 468 g/mol. The molecule has 1 N–H and O–H groups in total. The number of rotatable bonds is 7. The Morgan fingerprint density at radius 1 is 1.09 bits per heavy atom. The van der Waals surface area contributed by atoms with Crippen LogP contribution in [0, 0.1) is 5.82 Å². The van der Waals surface area contributed by atoms with E-state index >= 15 is 0 Å². The zero-order valence-corrected chi connectivity index (χ0v) is 18.9. The number of halogens is 1. The third-order valence-corrected chi connectivity index (χ3v) is 6.26. The van der Waals surface area contributed by atoms with Crippen molar-refractivity contribution in [2.75, 3.05) is 11.5 Å². The molecule has 0 aliphatic carbocycles. The lowest BCUT2D eigenvalue weighted by Crippen LogP contribution is -2.29. The van der Waals surface area contributed by atoms with Crippen molar-refractivity contribution in [1.29, 1.82) is 0 Å². The van der Waals surface area contributed by atoms with Crippen molar-refractivity contribution in [2.24, 2.45) is 0 Å². The molecule has 1 aromatic heterocycles. The topological polar surface area (TPSA) is 92.6 Å². The van der Waals surface area contributed by atoms with E-state index in [1.807, 2.05) is 13.8 Å². The van der Waals surface area contributed by atoms with Crippen LogP contribution >= 0.6 is 11.3 Å². The lowest BCUT2D eigenvalue weighted by atomic mass is 9.95. The summed E-state index contributed by atoms with van der Waals surface area (Å²) in [6.07, 6.45) is 1.49. The lowest BCUT2D eigenvalue weighted by Gasteiger charge is -2.22. The number of ether oxygens (including phenoxy) is 1. The number of benzene rings is 2. The number of carbonyl (C=O) groups excluding carboxylic acids is 2. The molecule has 0 bridgehead atoms. The number of aliphatic hydroxyl groups is 1. The van der Waals surface area contributed by atoms with Gasteiger partial charge in [0.2, 0.25) is 5.13 Å². The van der Waals surface area contributed by atoms with E-state index in [2.05, 4.69) is 10.2 Å². The standard InChI is InChI=1S/C24H22FN3O4S/c1-3-13-32-17-11-7-14(8-12-17)20-19(21(29)15-5-9-16(25)10-6-15)22(30)23(31)28(20)24-27-26-18(4-2)33-24/h5-12,20,29H,3-4,13H2,1-2H3/b21-19+. The summed E-state index contributed by atoms with van der Waals surface area (Å²) in [5, 5.41) is 20.2. The summed E-state index contributed by atoms with van der Waals surface area (Å²) < 4.78 is 19.0. The second-order valence-electron chi connectivity index (χ2n) is 7.43. The van der Waals surface area contributed by atoms with Gasteiger partial charge in [0.05, 0.1) is 18.2 Å². The third-order valence-electron chi connectivity index (χ3n) is 5.20. The van der Waals surface area contributed by atoms with Crippen LogP contribution in [0.2, 0.25) is 0 Å². The van der Waals surface area contributed by atoms with Crippen molar-refractivity contribution in [2.45, 2.75) is 32.7 Å². The van der Waals surface area contributed by atoms with Gasteiger partial charge in [0.25, 0.3) is 5.78 Å². The van der Waals surface area contributed by atoms with Gasteiger partial charge in [-0.3, -0.25) is 14.5 Å². The maximum Gasteiger partial charge on any atom is 0.301 e. The normalized spacial score (nSPS) is 17.5. The summed E-state index contributed by atoms with van der Waals surface area (Å²) in [6, 6.07) is 11.1. The van der Waals surface area contributed by atoms with Crippen LogP contribution in [0.3, 0.4) is 0 Å². The molecule has 0 saturated carbocycles. The van der Waals surface area contributed by atoms with Crippen molar-refractivity contribution in [1.82, 2.24) is 10.2 Å². The molecule has 1 fully saturated rings. The number of Topliss-reactive ketones (excluding diaryl/α,β-unsaturated/α-hetero) is 1. The van der Waals surface area contributed by atoms with E-state index in [4.69, 9.17) is 4.74 Å². The molecule has 1 aliphatic rings. The molecule has 9 heteroatoms. The average Bonchev–Trinajstić information content (AvgIpc) is 3.40. The van der Waals surface area contributed by atoms with Crippen molar-refractivity contribution in [3.05, 3.63) is 76.1 Å². The molecular weight excluding hydrogens is 445 g/mol. The van der Waals surface area contributed by atoms with E-state index in [9.17, 15) is 19.1 Å². The molecule has 7 nitrogen and oxygen atoms in total. The van der Waals surface area contributed by atoms with Crippen LogP contribution in [0.25, 0.3) is 5.76 Å². The summed E-state index contributed by atoms with van der Waals surface area (Å²) >= 11 is 1.21. The highest BCUT2D eigenvalue weighted by molar-refractivity contribution is 7.15. The van der Waals surface area contributed by atoms with E-state index in [-0.39, 0.29) is 22.0 Å². The van der Waals surface area contributed by atoms with Gasteiger partial charge in [-0.1, -0.05) is 37.3 Å². The molecule has 0 spiro atoms. The summed E-state index contributed by atoms with van der Waals surface area (Å²) in [5.41, 5.74) is 0.728. The van der Waals surface area contributed by atoms with Gasteiger partial charge in [-0.15, -0.1) is 10.2 Å². The van der Waals surface area contributed by atoms with Crippen LogP contribution in [0.5, 0.6) is 5.75 Å².